The molecule has 0 unspecified atom stereocenters. The Labute approximate surface area is 100 Å². The van der Waals surface area contributed by atoms with Crippen molar-refractivity contribution >= 4 is 11.9 Å². The van der Waals surface area contributed by atoms with E-state index in [2.05, 4.69) is 5.32 Å². The van der Waals surface area contributed by atoms with Gasteiger partial charge in [0, 0.05) is 0 Å². The molecule has 1 aromatic rings. The number of likely N-dealkylation sites (N-methyl/N-ethyl adjacent to an activating group) is 1. The molecule has 0 aliphatic carbocycles. The van der Waals surface area contributed by atoms with Gasteiger partial charge in [0.2, 0.25) is 5.91 Å². The van der Waals surface area contributed by atoms with Crippen molar-refractivity contribution in [1.82, 2.24) is 10.2 Å². The van der Waals surface area contributed by atoms with Crippen LogP contribution >= 0.6 is 0 Å². The lowest BCUT2D eigenvalue weighted by Gasteiger charge is -2.16. The van der Waals surface area contributed by atoms with Crippen LogP contribution in [0.1, 0.15) is 11.6 Å². The van der Waals surface area contributed by atoms with Gasteiger partial charge in [0.05, 0.1) is 6.54 Å². The van der Waals surface area contributed by atoms with E-state index in [1.54, 1.807) is 49.3 Å². The zero-order valence-electron chi connectivity index (χ0n) is 9.88. The molecule has 17 heavy (non-hydrogen) atoms. The van der Waals surface area contributed by atoms with Crippen LogP contribution < -0.4 is 5.32 Å². The van der Waals surface area contributed by atoms with E-state index in [1.165, 1.54) is 0 Å². The van der Waals surface area contributed by atoms with E-state index in [9.17, 15) is 9.59 Å². The SMILES string of the molecule is CN(C)CC(=O)N[C@@H](C(=O)O)c1ccccc1. The number of carbonyl (C=O) groups excluding carboxylic acids is 1. The molecule has 1 amide bonds. The van der Waals surface area contributed by atoms with Gasteiger partial charge < -0.3 is 15.3 Å². The summed E-state index contributed by atoms with van der Waals surface area (Å²) in [4.78, 5) is 24.3. The van der Waals surface area contributed by atoms with Gasteiger partial charge in [0.25, 0.3) is 0 Å². The Bertz CT molecular complexity index is 390. The normalized spacial score (nSPS) is 12.2. The molecule has 2 N–H and O–H groups in total. The maximum Gasteiger partial charge on any atom is 0.330 e. The zero-order chi connectivity index (χ0) is 12.8. The summed E-state index contributed by atoms with van der Waals surface area (Å²) in [7, 11) is 3.50. The van der Waals surface area contributed by atoms with Crippen LogP contribution in [-0.2, 0) is 9.59 Å². The van der Waals surface area contributed by atoms with Crippen LogP contribution in [0.5, 0.6) is 0 Å². The van der Waals surface area contributed by atoms with Crippen molar-refractivity contribution in [2.24, 2.45) is 0 Å². The van der Waals surface area contributed by atoms with E-state index in [4.69, 9.17) is 5.11 Å². The highest BCUT2D eigenvalue weighted by Gasteiger charge is 2.21. The van der Waals surface area contributed by atoms with E-state index in [0.717, 1.165) is 0 Å². The van der Waals surface area contributed by atoms with Crippen molar-refractivity contribution in [2.75, 3.05) is 20.6 Å². The van der Waals surface area contributed by atoms with Gasteiger partial charge in [-0.3, -0.25) is 4.79 Å². The number of nitrogens with one attached hydrogen (secondary N) is 1. The van der Waals surface area contributed by atoms with Gasteiger partial charge in [0.1, 0.15) is 0 Å². The lowest BCUT2D eigenvalue weighted by molar-refractivity contribution is -0.142. The predicted octanol–water partition coefficient (Wildman–Crippen LogP) is 0.490. The van der Waals surface area contributed by atoms with E-state index in [1.807, 2.05) is 0 Å². The van der Waals surface area contributed by atoms with Crippen LogP contribution in [-0.4, -0.2) is 42.5 Å². The van der Waals surface area contributed by atoms with Crippen molar-refractivity contribution in [3.63, 3.8) is 0 Å². The van der Waals surface area contributed by atoms with Gasteiger partial charge >= 0.3 is 5.97 Å². The topological polar surface area (TPSA) is 69.6 Å². The number of carboxylic acids is 1. The van der Waals surface area contributed by atoms with E-state index >= 15 is 0 Å². The average molecular weight is 236 g/mol. The Morgan fingerprint density at radius 3 is 2.35 bits per heavy atom. The quantitative estimate of drug-likeness (QED) is 0.780. The fourth-order valence-electron chi connectivity index (χ4n) is 1.43. The molecule has 0 aliphatic heterocycles. The molecule has 0 heterocycles. The largest absolute Gasteiger partial charge is 0.479 e. The lowest BCUT2D eigenvalue weighted by Crippen LogP contribution is -2.38. The molecule has 1 atom stereocenters. The van der Waals surface area contributed by atoms with Crippen molar-refractivity contribution < 1.29 is 14.7 Å². The number of nitrogens with zero attached hydrogens (tertiary/aromatic N) is 1. The van der Waals surface area contributed by atoms with Gasteiger partial charge in [-0.1, -0.05) is 30.3 Å². The molecule has 5 nitrogen and oxygen atoms in total. The summed E-state index contributed by atoms with van der Waals surface area (Å²) >= 11 is 0. The summed E-state index contributed by atoms with van der Waals surface area (Å²) in [5.41, 5.74) is 0.562. The number of aliphatic carboxylic acids is 1. The van der Waals surface area contributed by atoms with Gasteiger partial charge in [-0.25, -0.2) is 4.79 Å². The van der Waals surface area contributed by atoms with E-state index < -0.39 is 12.0 Å². The molecular formula is C12H16N2O3. The number of rotatable bonds is 5. The van der Waals surface area contributed by atoms with Crippen LogP contribution in [0.4, 0.5) is 0 Å². The minimum absolute atomic E-state index is 0.163. The van der Waals surface area contributed by atoms with Crippen LogP contribution in [0.2, 0.25) is 0 Å². The Morgan fingerprint density at radius 1 is 1.29 bits per heavy atom. The fourth-order valence-corrected chi connectivity index (χ4v) is 1.43. The molecular weight excluding hydrogens is 220 g/mol. The Morgan fingerprint density at radius 2 is 1.88 bits per heavy atom. The minimum atomic E-state index is -1.07. The maximum absolute atomic E-state index is 11.5. The second kappa shape index (κ2) is 6.00. The highest BCUT2D eigenvalue weighted by Crippen LogP contribution is 2.12. The van der Waals surface area contributed by atoms with Gasteiger partial charge in [-0.15, -0.1) is 0 Å². The second-order valence-electron chi connectivity index (χ2n) is 3.99. The van der Waals surface area contributed by atoms with Crippen molar-refractivity contribution in [3.05, 3.63) is 35.9 Å². The summed E-state index contributed by atoms with van der Waals surface area (Å²) in [6.45, 7) is 0.163. The highest BCUT2D eigenvalue weighted by molar-refractivity contribution is 5.85. The number of carbonyl (C=O) groups is 2. The molecule has 1 aromatic carbocycles. The molecule has 0 aliphatic rings. The lowest BCUT2D eigenvalue weighted by atomic mass is 10.1. The summed E-state index contributed by atoms with van der Waals surface area (Å²) in [5, 5.41) is 11.6. The molecule has 5 heteroatoms. The van der Waals surface area contributed by atoms with Crippen LogP contribution in [0, 0.1) is 0 Å². The summed E-state index contributed by atoms with van der Waals surface area (Å²) in [5.74, 6) is -1.38. The maximum atomic E-state index is 11.5. The first-order valence-electron chi connectivity index (χ1n) is 5.22. The molecule has 0 fully saturated rings. The predicted molar refractivity (Wildman–Crippen MR) is 63.5 cm³/mol. The monoisotopic (exact) mass is 236 g/mol. The third-order valence-electron chi connectivity index (χ3n) is 2.15. The van der Waals surface area contributed by atoms with Crippen molar-refractivity contribution in [1.29, 1.82) is 0 Å². The molecule has 92 valence electrons. The standard InChI is InChI=1S/C12H16N2O3/c1-14(2)8-10(15)13-11(12(16)17)9-6-4-3-5-7-9/h3-7,11H,8H2,1-2H3,(H,13,15)(H,16,17)/t11-/m1/s1. The smallest absolute Gasteiger partial charge is 0.330 e. The number of hydrogen-bond acceptors (Lipinski definition) is 3. The summed E-state index contributed by atoms with van der Waals surface area (Å²) < 4.78 is 0. The third kappa shape index (κ3) is 4.24. The highest BCUT2D eigenvalue weighted by atomic mass is 16.4. The molecule has 0 aromatic heterocycles. The second-order valence-corrected chi connectivity index (χ2v) is 3.99. The Kier molecular flexibility index (Phi) is 4.66. The number of hydrogen-bond donors (Lipinski definition) is 2. The first-order chi connectivity index (χ1) is 8.00. The molecule has 0 bridgehead atoms. The molecule has 0 saturated carbocycles. The fraction of sp³-hybridized carbons (Fsp3) is 0.333. The summed E-state index contributed by atoms with van der Waals surface area (Å²) in [6.07, 6.45) is 0. The van der Waals surface area contributed by atoms with Crippen molar-refractivity contribution in [3.8, 4) is 0 Å². The minimum Gasteiger partial charge on any atom is -0.479 e. The van der Waals surface area contributed by atoms with Crippen LogP contribution in [0.15, 0.2) is 30.3 Å². The van der Waals surface area contributed by atoms with Crippen LogP contribution in [0.3, 0.4) is 0 Å². The van der Waals surface area contributed by atoms with Gasteiger partial charge in [-0.2, -0.15) is 0 Å². The van der Waals surface area contributed by atoms with Crippen molar-refractivity contribution in [2.45, 2.75) is 6.04 Å². The van der Waals surface area contributed by atoms with Gasteiger partial charge in [-0.05, 0) is 19.7 Å². The average Bonchev–Trinajstić information content (AvgIpc) is 2.25. The zero-order valence-corrected chi connectivity index (χ0v) is 9.88. The molecule has 1 rings (SSSR count). The van der Waals surface area contributed by atoms with Crippen LogP contribution in [0.25, 0.3) is 0 Å². The first-order valence-corrected chi connectivity index (χ1v) is 5.22. The summed E-state index contributed by atoms with van der Waals surface area (Å²) in [6, 6.07) is 7.63. The Hall–Kier alpha value is -1.88. The number of amides is 1. The molecule has 0 saturated heterocycles. The Balaban J connectivity index is 2.75. The number of benzene rings is 1. The van der Waals surface area contributed by atoms with E-state index in [0.29, 0.717) is 5.56 Å². The molecule has 0 radical (unpaired) electrons. The van der Waals surface area contributed by atoms with Gasteiger partial charge in [0.15, 0.2) is 6.04 Å². The first kappa shape index (κ1) is 13.2. The van der Waals surface area contributed by atoms with E-state index in [-0.39, 0.29) is 12.5 Å². The molecule has 0 spiro atoms. The number of carboxylic acid groups (broad SMARTS) is 1. The third-order valence-corrected chi connectivity index (χ3v) is 2.15.